The van der Waals surface area contributed by atoms with Crippen LogP contribution in [0.1, 0.15) is 75.3 Å². The molecule has 0 bridgehead atoms. The molecule has 1 saturated carbocycles. The summed E-state index contributed by atoms with van der Waals surface area (Å²) in [5.41, 5.74) is 1.75. The second-order valence-corrected chi connectivity index (χ2v) is 8.29. The molecule has 0 unspecified atom stereocenters. The third-order valence-corrected chi connectivity index (χ3v) is 6.21. The first-order chi connectivity index (χ1) is 13.2. The van der Waals surface area contributed by atoms with Gasteiger partial charge in [0.15, 0.2) is 6.29 Å². The first-order valence-corrected chi connectivity index (χ1v) is 10.7. The molecule has 1 aliphatic carbocycles. The van der Waals surface area contributed by atoms with Gasteiger partial charge in [-0.25, -0.2) is 4.39 Å². The minimum atomic E-state index is -0.149. The van der Waals surface area contributed by atoms with Crippen LogP contribution < -0.4 is 0 Å². The van der Waals surface area contributed by atoms with E-state index in [4.69, 9.17) is 14.2 Å². The average molecular weight is 379 g/mol. The zero-order valence-corrected chi connectivity index (χ0v) is 16.9. The molecule has 1 heterocycles. The van der Waals surface area contributed by atoms with E-state index in [1.165, 1.54) is 25.7 Å². The van der Waals surface area contributed by atoms with Gasteiger partial charge >= 0.3 is 0 Å². The van der Waals surface area contributed by atoms with Crippen molar-refractivity contribution in [3.8, 4) is 0 Å². The molecular formula is C23H35FO3. The zero-order valence-electron chi connectivity index (χ0n) is 16.9. The Hall–Kier alpha value is -0.970. The number of halogens is 1. The highest BCUT2D eigenvalue weighted by atomic mass is 19.1. The van der Waals surface area contributed by atoms with E-state index in [1.807, 2.05) is 6.07 Å². The van der Waals surface area contributed by atoms with Gasteiger partial charge in [-0.2, -0.15) is 0 Å². The smallest absolute Gasteiger partial charge is 0.160 e. The summed E-state index contributed by atoms with van der Waals surface area (Å²) < 4.78 is 31.4. The monoisotopic (exact) mass is 378 g/mol. The summed E-state index contributed by atoms with van der Waals surface area (Å²) >= 11 is 0. The molecule has 3 nitrogen and oxygen atoms in total. The molecule has 152 valence electrons. The summed E-state index contributed by atoms with van der Waals surface area (Å²) in [7, 11) is 1.59. The maximum absolute atomic E-state index is 14.2. The van der Waals surface area contributed by atoms with E-state index in [0.29, 0.717) is 29.9 Å². The predicted octanol–water partition coefficient (Wildman–Crippen LogP) is 5.82. The highest BCUT2D eigenvalue weighted by Gasteiger charge is 2.32. The van der Waals surface area contributed by atoms with E-state index >= 15 is 0 Å². The normalized spacial score (nSPS) is 29.0. The Morgan fingerprint density at radius 2 is 1.81 bits per heavy atom. The summed E-state index contributed by atoms with van der Waals surface area (Å²) in [6.45, 7) is 4.26. The second kappa shape index (κ2) is 10.5. The van der Waals surface area contributed by atoms with E-state index in [9.17, 15) is 4.39 Å². The Bertz CT molecular complexity index is 561. The Balaban J connectivity index is 1.43. The van der Waals surface area contributed by atoms with Crippen LogP contribution in [-0.2, 0) is 20.8 Å². The highest BCUT2D eigenvalue weighted by Crippen LogP contribution is 2.39. The van der Waals surface area contributed by atoms with Crippen LogP contribution in [0, 0.1) is 17.7 Å². The molecule has 0 spiro atoms. The van der Waals surface area contributed by atoms with Crippen molar-refractivity contribution in [2.24, 2.45) is 11.8 Å². The van der Waals surface area contributed by atoms with E-state index in [1.54, 1.807) is 13.2 Å². The lowest BCUT2D eigenvalue weighted by atomic mass is 9.78. The van der Waals surface area contributed by atoms with Gasteiger partial charge in [0.2, 0.25) is 0 Å². The topological polar surface area (TPSA) is 27.7 Å². The lowest BCUT2D eigenvalue weighted by Crippen LogP contribution is -2.38. The number of unbranched alkanes of at least 4 members (excludes halogenated alkanes) is 2. The van der Waals surface area contributed by atoms with Crippen molar-refractivity contribution in [3.05, 3.63) is 35.1 Å². The Morgan fingerprint density at radius 3 is 2.44 bits per heavy atom. The summed E-state index contributed by atoms with van der Waals surface area (Å²) in [6, 6.07) is 5.64. The molecule has 0 N–H and O–H groups in total. The molecule has 2 aliphatic rings. The van der Waals surface area contributed by atoms with Crippen LogP contribution in [-0.4, -0.2) is 26.6 Å². The lowest BCUT2D eigenvalue weighted by molar-refractivity contribution is -0.229. The number of methoxy groups -OCH3 is 1. The molecular weight excluding hydrogens is 343 g/mol. The van der Waals surface area contributed by atoms with Crippen LogP contribution in [0.3, 0.4) is 0 Å². The van der Waals surface area contributed by atoms with E-state index in [0.717, 1.165) is 44.5 Å². The Labute approximate surface area is 163 Å². The largest absolute Gasteiger partial charge is 0.380 e. The maximum Gasteiger partial charge on any atom is 0.160 e. The highest BCUT2D eigenvalue weighted by molar-refractivity contribution is 5.27. The number of hydrogen-bond donors (Lipinski definition) is 0. The molecule has 4 heteroatoms. The first kappa shape index (κ1) is 20.8. The average Bonchev–Trinajstić information content (AvgIpc) is 2.71. The maximum atomic E-state index is 14.2. The number of benzene rings is 1. The van der Waals surface area contributed by atoms with Crippen molar-refractivity contribution in [1.29, 1.82) is 0 Å². The minimum absolute atomic E-state index is 0.0332. The van der Waals surface area contributed by atoms with Gasteiger partial charge in [0.25, 0.3) is 0 Å². The number of rotatable bonds is 8. The minimum Gasteiger partial charge on any atom is -0.380 e. The molecule has 0 aromatic heterocycles. The molecule has 1 aromatic rings. The van der Waals surface area contributed by atoms with Crippen LogP contribution >= 0.6 is 0 Å². The first-order valence-electron chi connectivity index (χ1n) is 10.7. The molecule has 1 saturated heterocycles. The van der Waals surface area contributed by atoms with Gasteiger partial charge in [0, 0.05) is 24.5 Å². The molecule has 0 radical (unpaired) electrons. The molecule has 1 aromatic carbocycles. The standard InChI is InChI=1S/C23H35FO3/c1-3-4-5-6-17-14-26-23(27-15-17)19-9-7-18(8-10-19)20-11-12-21(16-25-2)22(24)13-20/h11-13,17-19,23H,3-10,14-16H2,1-2H3/t17-,18?,19?,23-. The van der Waals surface area contributed by atoms with E-state index < -0.39 is 0 Å². The molecule has 0 atom stereocenters. The molecule has 3 rings (SSSR count). The van der Waals surface area contributed by atoms with Gasteiger partial charge < -0.3 is 14.2 Å². The van der Waals surface area contributed by atoms with E-state index in [-0.39, 0.29) is 12.1 Å². The fourth-order valence-electron chi connectivity index (χ4n) is 4.49. The van der Waals surface area contributed by atoms with Crippen LogP contribution in [0.2, 0.25) is 0 Å². The van der Waals surface area contributed by atoms with Crippen LogP contribution in [0.4, 0.5) is 4.39 Å². The fraction of sp³-hybridized carbons (Fsp3) is 0.739. The Morgan fingerprint density at radius 1 is 1.07 bits per heavy atom. The summed E-state index contributed by atoms with van der Waals surface area (Å²) in [5.74, 6) is 1.34. The third-order valence-electron chi connectivity index (χ3n) is 6.21. The Kier molecular flexibility index (Phi) is 8.10. The van der Waals surface area contributed by atoms with Crippen molar-refractivity contribution >= 4 is 0 Å². The van der Waals surface area contributed by atoms with Gasteiger partial charge in [-0.05, 0) is 49.7 Å². The van der Waals surface area contributed by atoms with Crippen LogP contribution in [0.5, 0.6) is 0 Å². The van der Waals surface area contributed by atoms with Gasteiger partial charge in [-0.1, -0.05) is 38.3 Å². The van der Waals surface area contributed by atoms with E-state index in [2.05, 4.69) is 13.0 Å². The second-order valence-electron chi connectivity index (χ2n) is 8.29. The summed E-state index contributed by atoms with van der Waals surface area (Å²) in [5, 5.41) is 0. The van der Waals surface area contributed by atoms with Crippen LogP contribution in [0.25, 0.3) is 0 Å². The molecule has 0 amide bonds. The van der Waals surface area contributed by atoms with Crippen molar-refractivity contribution in [2.75, 3.05) is 20.3 Å². The SMILES string of the molecule is CCCCC[C@H]1CO[C@H](C2CCC(c3ccc(COC)c(F)c3)CC2)OC1. The molecule has 1 aliphatic heterocycles. The summed E-state index contributed by atoms with van der Waals surface area (Å²) in [6.07, 6.45) is 9.38. The summed E-state index contributed by atoms with van der Waals surface area (Å²) in [4.78, 5) is 0. The van der Waals surface area contributed by atoms with Crippen molar-refractivity contribution < 1.29 is 18.6 Å². The van der Waals surface area contributed by atoms with Crippen LogP contribution in [0.15, 0.2) is 18.2 Å². The van der Waals surface area contributed by atoms with Gasteiger partial charge in [0.05, 0.1) is 19.8 Å². The van der Waals surface area contributed by atoms with Gasteiger partial charge in [-0.3, -0.25) is 0 Å². The molecule has 27 heavy (non-hydrogen) atoms. The third kappa shape index (κ3) is 5.75. The van der Waals surface area contributed by atoms with Crippen molar-refractivity contribution in [3.63, 3.8) is 0 Å². The van der Waals surface area contributed by atoms with Gasteiger partial charge in [0.1, 0.15) is 5.82 Å². The predicted molar refractivity (Wildman–Crippen MR) is 105 cm³/mol. The fourth-order valence-corrected chi connectivity index (χ4v) is 4.49. The lowest BCUT2D eigenvalue weighted by Gasteiger charge is -2.37. The zero-order chi connectivity index (χ0) is 19.1. The van der Waals surface area contributed by atoms with Crippen molar-refractivity contribution in [1.82, 2.24) is 0 Å². The number of ether oxygens (including phenoxy) is 3. The number of hydrogen-bond acceptors (Lipinski definition) is 3. The van der Waals surface area contributed by atoms with Crippen molar-refractivity contribution in [2.45, 2.75) is 77.1 Å². The quantitative estimate of drug-likeness (QED) is 0.534. The molecule has 2 fully saturated rings. The van der Waals surface area contributed by atoms with Gasteiger partial charge in [-0.15, -0.1) is 0 Å².